The minimum Gasteiger partial charge on any atom is -0.427 e. The molecule has 7 heteroatoms. The van der Waals surface area contributed by atoms with E-state index in [1.165, 1.54) is 13.8 Å². The van der Waals surface area contributed by atoms with Crippen molar-refractivity contribution in [3.63, 3.8) is 0 Å². The van der Waals surface area contributed by atoms with Crippen molar-refractivity contribution in [2.45, 2.75) is 58.2 Å². The van der Waals surface area contributed by atoms with Crippen molar-refractivity contribution < 1.29 is 28.6 Å². The molecule has 0 aromatic heterocycles. The summed E-state index contributed by atoms with van der Waals surface area (Å²) < 4.78 is 16.9. The molecular weight excluding hydrogens is 446 g/mol. The van der Waals surface area contributed by atoms with Crippen LogP contribution in [-0.4, -0.2) is 30.1 Å². The summed E-state index contributed by atoms with van der Waals surface area (Å²) >= 11 is 0. The number of anilines is 1. The van der Waals surface area contributed by atoms with Gasteiger partial charge in [0.2, 0.25) is 5.91 Å². The molecule has 4 rings (SSSR count). The zero-order valence-electron chi connectivity index (χ0n) is 20.1. The predicted molar refractivity (Wildman–Crippen MR) is 132 cm³/mol. The number of carbonyl (C=O) groups excluding carboxylic acids is 3. The van der Waals surface area contributed by atoms with Gasteiger partial charge < -0.3 is 19.5 Å². The number of carbonyl (C=O) groups is 3. The van der Waals surface area contributed by atoms with E-state index in [0.29, 0.717) is 17.2 Å². The van der Waals surface area contributed by atoms with Gasteiger partial charge in [-0.3, -0.25) is 14.4 Å². The summed E-state index contributed by atoms with van der Waals surface area (Å²) in [7, 11) is 0. The van der Waals surface area contributed by atoms with E-state index >= 15 is 0 Å². The van der Waals surface area contributed by atoms with Crippen molar-refractivity contribution in [3.05, 3.63) is 71.3 Å². The summed E-state index contributed by atoms with van der Waals surface area (Å²) in [4.78, 5) is 35.8. The van der Waals surface area contributed by atoms with Crippen LogP contribution in [0.1, 0.15) is 62.6 Å². The van der Waals surface area contributed by atoms with Crippen LogP contribution in [0.2, 0.25) is 0 Å². The van der Waals surface area contributed by atoms with Gasteiger partial charge in [0.1, 0.15) is 11.5 Å². The molecule has 0 aliphatic carbocycles. The highest BCUT2D eigenvalue weighted by molar-refractivity contribution is 5.97. The van der Waals surface area contributed by atoms with E-state index in [9.17, 15) is 14.4 Å². The second-order valence-corrected chi connectivity index (χ2v) is 8.95. The first-order valence-corrected chi connectivity index (χ1v) is 11.6. The minimum absolute atomic E-state index is 0.0515. The van der Waals surface area contributed by atoms with Crippen molar-refractivity contribution in [1.29, 1.82) is 0 Å². The van der Waals surface area contributed by atoms with Crippen molar-refractivity contribution in [2.75, 3.05) is 5.32 Å². The molecule has 0 radical (unpaired) electrons. The van der Waals surface area contributed by atoms with E-state index in [1.807, 2.05) is 43.3 Å². The molecule has 182 valence electrons. The molecular formula is C28H29NO6. The van der Waals surface area contributed by atoms with Crippen LogP contribution >= 0.6 is 0 Å². The average molecular weight is 476 g/mol. The number of esters is 2. The van der Waals surface area contributed by atoms with E-state index in [-0.39, 0.29) is 30.5 Å². The Morgan fingerprint density at radius 2 is 1.74 bits per heavy atom. The maximum absolute atomic E-state index is 12.5. The third kappa shape index (κ3) is 5.69. The number of nitrogens with one attached hydrogen (secondary N) is 1. The molecule has 0 saturated carbocycles. The summed E-state index contributed by atoms with van der Waals surface area (Å²) in [6.07, 6.45) is 5.87. The number of hydrogen-bond acceptors (Lipinski definition) is 6. The van der Waals surface area contributed by atoms with Crippen molar-refractivity contribution in [3.8, 4) is 11.5 Å². The molecule has 35 heavy (non-hydrogen) atoms. The van der Waals surface area contributed by atoms with Gasteiger partial charge in [0.15, 0.2) is 0 Å². The lowest BCUT2D eigenvalue weighted by molar-refractivity contribution is -0.132. The van der Waals surface area contributed by atoms with Crippen molar-refractivity contribution in [2.24, 2.45) is 0 Å². The van der Waals surface area contributed by atoms with Crippen LogP contribution in [0.3, 0.4) is 0 Å². The monoisotopic (exact) mass is 475 g/mol. The van der Waals surface area contributed by atoms with Gasteiger partial charge in [-0.05, 0) is 49.6 Å². The third-order valence-electron chi connectivity index (χ3n) is 6.12. The van der Waals surface area contributed by atoms with Crippen LogP contribution in [-0.2, 0) is 19.1 Å². The highest BCUT2D eigenvalue weighted by atomic mass is 16.5. The Balaban J connectivity index is 1.72. The Hall–Kier alpha value is -3.71. The van der Waals surface area contributed by atoms with Crippen LogP contribution in [0.25, 0.3) is 6.08 Å². The number of rotatable bonds is 6. The Bertz CT molecular complexity index is 1200. The van der Waals surface area contributed by atoms with Gasteiger partial charge >= 0.3 is 11.9 Å². The van der Waals surface area contributed by atoms with Gasteiger partial charge in [0.05, 0.1) is 12.2 Å². The Kier molecular flexibility index (Phi) is 7.17. The Labute approximate surface area is 204 Å². The number of benzene rings is 2. The van der Waals surface area contributed by atoms with Gasteiger partial charge in [-0.25, -0.2) is 0 Å². The van der Waals surface area contributed by atoms with Gasteiger partial charge in [0, 0.05) is 43.0 Å². The van der Waals surface area contributed by atoms with E-state index < -0.39 is 11.9 Å². The quantitative estimate of drug-likeness (QED) is 0.353. The zero-order chi connectivity index (χ0) is 25.1. The molecule has 2 heterocycles. The first-order valence-electron chi connectivity index (χ1n) is 11.6. The molecule has 1 saturated heterocycles. The largest absolute Gasteiger partial charge is 0.427 e. The summed E-state index contributed by atoms with van der Waals surface area (Å²) in [6.45, 7) is 8.64. The minimum atomic E-state index is -0.451. The molecule has 7 nitrogen and oxygen atoms in total. The summed E-state index contributed by atoms with van der Waals surface area (Å²) in [5.74, 6) is -0.502. The summed E-state index contributed by atoms with van der Waals surface area (Å²) in [5.41, 5.74) is 3.90. The smallest absolute Gasteiger partial charge is 0.308 e. The second-order valence-electron chi connectivity index (χ2n) is 8.95. The third-order valence-corrected chi connectivity index (χ3v) is 6.12. The molecule has 3 atom stereocenters. The molecule has 1 fully saturated rings. The molecule has 2 aromatic carbocycles. The summed E-state index contributed by atoms with van der Waals surface area (Å²) in [5, 5.41) is 2.90. The molecule has 2 aliphatic rings. The number of fused-ring (bicyclic) bond motifs is 1. The SMILES string of the molecule is C=C(C)C1CCC(/C=C/c2ccc3c(c2OC(C)=O)C(c2ccc(OC(C)=O)cc2)CC(=O)N3)O1. The van der Waals surface area contributed by atoms with E-state index in [0.717, 1.165) is 35.1 Å². The fourth-order valence-electron chi connectivity index (χ4n) is 4.55. The molecule has 0 spiro atoms. The second kappa shape index (κ2) is 10.3. The Morgan fingerprint density at radius 3 is 2.37 bits per heavy atom. The van der Waals surface area contributed by atoms with Gasteiger partial charge in [-0.15, -0.1) is 0 Å². The number of ether oxygens (including phenoxy) is 3. The standard InChI is InChI=1S/C28H29NO6/c1-16(2)25-14-12-22(35-25)11-7-20-8-13-24-27(28(20)34-18(4)31)23(15-26(32)29-24)19-5-9-21(10-6-19)33-17(3)30/h5-11,13,22-23,25H,1,12,14-15H2,2-4H3,(H,29,32)/b11-7+. The normalized spacial score (nSPS) is 21.3. The molecule has 3 unspecified atom stereocenters. The van der Waals surface area contributed by atoms with Crippen molar-refractivity contribution >= 4 is 29.6 Å². The molecule has 2 aromatic rings. The van der Waals surface area contributed by atoms with E-state index in [4.69, 9.17) is 14.2 Å². The highest BCUT2D eigenvalue weighted by Gasteiger charge is 2.32. The molecule has 1 N–H and O–H groups in total. The molecule has 0 bridgehead atoms. The van der Waals surface area contributed by atoms with Gasteiger partial charge in [0.25, 0.3) is 0 Å². The van der Waals surface area contributed by atoms with E-state index in [1.54, 1.807) is 12.1 Å². The fraction of sp³-hybridized carbons (Fsp3) is 0.321. The number of amides is 1. The van der Waals surface area contributed by atoms with Crippen LogP contribution in [0.5, 0.6) is 11.5 Å². The lowest BCUT2D eigenvalue weighted by Crippen LogP contribution is -2.25. The summed E-state index contributed by atoms with van der Waals surface area (Å²) in [6, 6.07) is 10.7. The van der Waals surface area contributed by atoms with E-state index in [2.05, 4.69) is 11.9 Å². The first kappa shape index (κ1) is 24.4. The molecule has 1 amide bonds. The zero-order valence-corrected chi connectivity index (χ0v) is 20.1. The van der Waals surface area contributed by atoms with Crippen LogP contribution < -0.4 is 14.8 Å². The maximum atomic E-state index is 12.5. The van der Waals surface area contributed by atoms with Crippen LogP contribution in [0.4, 0.5) is 5.69 Å². The fourth-order valence-corrected chi connectivity index (χ4v) is 4.55. The lowest BCUT2D eigenvalue weighted by Gasteiger charge is -2.29. The predicted octanol–water partition coefficient (Wildman–Crippen LogP) is 5.15. The topological polar surface area (TPSA) is 90.9 Å². The van der Waals surface area contributed by atoms with Crippen LogP contribution in [0, 0.1) is 0 Å². The van der Waals surface area contributed by atoms with Crippen molar-refractivity contribution in [1.82, 2.24) is 0 Å². The average Bonchev–Trinajstić information content (AvgIpc) is 3.27. The number of hydrogen-bond donors (Lipinski definition) is 1. The van der Waals surface area contributed by atoms with Gasteiger partial charge in [-0.1, -0.05) is 36.4 Å². The lowest BCUT2D eigenvalue weighted by atomic mass is 9.83. The maximum Gasteiger partial charge on any atom is 0.308 e. The van der Waals surface area contributed by atoms with Crippen LogP contribution in [0.15, 0.2) is 54.6 Å². The first-order chi connectivity index (χ1) is 16.7. The Morgan fingerprint density at radius 1 is 1.03 bits per heavy atom. The molecule has 2 aliphatic heterocycles. The highest BCUT2D eigenvalue weighted by Crippen LogP contribution is 2.45. The van der Waals surface area contributed by atoms with Gasteiger partial charge in [-0.2, -0.15) is 0 Å².